The van der Waals surface area contributed by atoms with Gasteiger partial charge in [0.2, 0.25) is 5.75 Å². The molecule has 0 N–H and O–H groups in total. The molecule has 0 radical (unpaired) electrons. The Hall–Kier alpha value is -3.93. The largest absolute Gasteiger partial charge is 0.493 e. The molecule has 0 aliphatic heterocycles. The van der Waals surface area contributed by atoms with E-state index < -0.39 is 5.97 Å². The first-order valence-electron chi connectivity index (χ1n) is 9.35. The molecule has 0 spiro atoms. The lowest BCUT2D eigenvalue weighted by Crippen LogP contribution is -2.20. The van der Waals surface area contributed by atoms with E-state index in [1.165, 1.54) is 21.3 Å². The molecule has 1 aromatic heterocycles. The Balaban J connectivity index is 1.79. The Morgan fingerprint density at radius 2 is 1.40 bits per heavy atom. The van der Waals surface area contributed by atoms with Gasteiger partial charge in [0, 0.05) is 10.9 Å². The molecule has 6 heteroatoms. The maximum Gasteiger partial charge on any atom is 0.363 e. The van der Waals surface area contributed by atoms with Crippen LogP contribution >= 0.6 is 0 Å². The molecule has 0 saturated carbocycles. The number of hydrogen-bond donors (Lipinski definition) is 0. The lowest BCUT2D eigenvalue weighted by atomic mass is 10.1. The zero-order valence-electron chi connectivity index (χ0n) is 16.9. The van der Waals surface area contributed by atoms with Gasteiger partial charge in [0.05, 0.1) is 38.1 Å². The first-order valence-corrected chi connectivity index (χ1v) is 9.35. The summed E-state index contributed by atoms with van der Waals surface area (Å²) in [6, 6.07) is 22.6. The van der Waals surface area contributed by atoms with Gasteiger partial charge in [0.25, 0.3) is 0 Å². The molecule has 4 aromatic rings. The molecule has 0 aliphatic rings. The number of ether oxygens (including phenoxy) is 3. The van der Waals surface area contributed by atoms with Crippen molar-refractivity contribution in [2.24, 2.45) is 0 Å². The average Bonchev–Trinajstić information content (AvgIpc) is 3.16. The lowest BCUT2D eigenvalue weighted by Gasteiger charge is -2.15. The molecule has 1 heterocycles. The third-order valence-electron chi connectivity index (χ3n) is 4.81. The molecule has 6 nitrogen and oxygen atoms in total. The van der Waals surface area contributed by atoms with Crippen LogP contribution in [0.4, 0.5) is 0 Å². The molecule has 0 saturated heterocycles. The highest BCUT2D eigenvalue weighted by Gasteiger charge is 2.20. The quantitative estimate of drug-likeness (QED) is 0.471. The van der Waals surface area contributed by atoms with E-state index in [1.54, 1.807) is 16.9 Å². The molecule has 0 bridgehead atoms. The molecule has 152 valence electrons. The van der Waals surface area contributed by atoms with Gasteiger partial charge in [-0.3, -0.25) is 0 Å². The van der Waals surface area contributed by atoms with Gasteiger partial charge in [-0.25, -0.2) is 4.79 Å². The van der Waals surface area contributed by atoms with Crippen LogP contribution in [-0.2, 0) is 0 Å². The number of rotatable bonds is 6. The van der Waals surface area contributed by atoms with Crippen molar-refractivity contribution in [3.63, 3.8) is 0 Å². The standard InChI is InChI=1S/C24H21NO5/c1-27-21-14-18(15-22(28-2)23(21)29-3)24(26)30-25-19-12-8-7-11-17(19)13-20(25)16-9-5-4-6-10-16/h4-15H,1-3H3. The van der Waals surface area contributed by atoms with Crippen LogP contribution in [0.3, 0.4) is 0 Å². The molecule has 0 fully saturated rings. The first-order chi connectivity index (χ1) is 14.7. The van der Waals surface area contributed by atoms with Crippen LogP contribution in [0.15, 0.2) is 72.8 Å². The Morgan fingerprint density at radius 1 is 0.767 bits per heavy atom. The first kappa shape index (κ1) is 19.4. The fraction of sp³-hybridized carbons (Fsp3) is 0.125. The molecule has 0 amide bonds. The van der Waals surface area contributed by atoms with E-state index in [0.717, 1.165) is 22.2 Å². The number of hydrogen-bond acceptors (Lipinski definition) is 5. The molecule has 30 heavy (non-hydrogen) atoms. The fourth-order valence-electron chi connectivity index (χ4n) is 3.37. The summed E-state index contributed by atoms with van der Waals surface area (Å²) in [5, 5.41) is 0.967. The van der Waals surface area contributed by atoms with Gasteiger partial charge in [-0.2, -0.15) is 4.73 Å². The van der Waals surface area contributed by atoms with Crippen LogP contribution in [-0.4, -0.2) is 32.0 Å². The monoisotopic (exact) mass is 403 g/mol. The average molecular weight is 403 g/mol. The third-order valence-corrected chi connectivity index (χ3v) is 4.81. The summed E-state index contributed by atoms with van der Waals surface area (Å²) in [4.78, 5) is 18.9. The molecule has 3 aromatic carbocycles. The smallest absolute Gasteiger partial charge is 0.363 e. The molecule has 0 atom stereocenters. The van der Waals surface area contributed by atoms with Crippen LogP contribution in [0.5, 0.6) is 17.2 Å². The van der Waals surface area contributed by atoms with Crippen LogP contribution in [0.25, 0.3) is 22.2 Å². The van der Waals surface area contributed by atoms with E-state index >= 15 is 0 Å². The minimum absolute atomic E-state index is 0.279. The second kappa shape index (κ2) is 8.21. The second-order valence-corrected chi connectivity index (χ2v) is 6.54. The van der Waals surface area contributed by atoms with Gasteiger partial charge >= 0.3 is 5.97 Å². The zero-order valence-corrected chi connectivity index (χ0v) is 16.9. The zero-order chi connectivity index (χ0) is 21.1. The van der Waals surface area contributed by atoms with E-state index in [0.29, 0.717) is 17.2 Å². The van der Waals surface area contributed by atoms with Crippen molar-refractivity contribution in [3.05, 3.63) is 78.4 Å². The van der Waals surface area contributed by atoms with Gasteiger partial charge < -0.3 is 19.0 Å². The molecule has 0 unspecified atom stereocenters. The number of para-hydroxylation sites is 1. The van der Waals surface area contributed by atoms with E-state index in [9.17, 15) is 4.79 Å². The number of aromatic nitrogens is 1. The number of carbonyl (C=O) groups is 1. The molecular weight excluding hydrogens is 382 g/mol. The van der Waals surface area contributed by atoms with Crippen LogP contribution in [0, 0.1) is 0 Å². The normalized spacial score (nSPS) is 10.6. The summed E-state index contributed by atoms with van der Waals surface area (Å²) in [5.41, 5.74) is 2.78. The summed E-state index contributed by atoms with van der Waals surface area (Å²) in [6.07, 6.45) is 0. The van der Waals surface area contributed by atoms with Crippen molar-refractivity contribution in [1.29, 1.82) is 0 Å². The Kier molecular flexibility index (Phi) is 5.30. The van der Waals surface area contributed by atoms with E-state index in [-0.39, 0.29) is 5.56 Å². The molecule has 4 rings (SSSR count). The second-order valence-electron chi connectivity index (χ2n) is 6.54. The Labute approximate surface area is 174 Å². The summed E-state index contributed by atoms with van der Waals surface area (Å²) < 4.78 is 17.6. The summed E-state index contributed by atoms with van der Waals surface area (Å²) in [5.74, 6) is 0.620. The van der Waals surface area contributed by atoms with Crippen LogP contribution in [0.1, 0.15) is 10.4 Å². The number of carbonyl (C=O) groups excluding carboxylic acids is 1. The van der Waals surface area contributed by atoms with Crippen molar-refractivity contribution in [2.75, 3.05) is 21.3 Å². The van der Waals surface area contributed by atoms with Gasteiger partial charge in [-0.1, -0.05) is 48.5 Å². The summed E-state index contributed by atoms with van der Waals surface area (Å²) in [7, 11) is 4.51. The van der Waals surface area contributed by atoms with Crippen molar-refractivity contribution in [2.45, 2.75) is 0 Å². The minimum Gasteiger partial charge on any atom is -0.493 e. The van der Waals surface area contributed by atoms with Gasteiger partial charge in [0.1, 0.15) is 0 Å². The van der Waals surface area contributed by atoms with Gasteiger partial charge in [-0.15, -0.1) is 0 Å². The number of nitrogens with zero attached hydrogens (tertiary/aromatic N) is 1. The van der Waals surface area contributed by atoms with Crippen LogP contribution in [0.2, 0.25) is 0 Å². The number of methoxy groups -OCH3 is 3. The fourth-order valence-corrected chi connectivity index (χ4v) is 3.37. The highest BCUT2D eigenvalue weighted by atomic mass is 16.7. The predicted octanol–water partition coefficient (Wildman–Crippen LogP) is 4.60. The van der Waals surface area contributed by atoms with Crippen molar-refractivity contribution in [3.8, 4) is 28.5 Å². The number of fused-ring (bicyclic) bond motifs is 1. The maximum atomic E-state index is 13.1. The molecular formula is C24H21NO5. The van der Waals surface area contributed by atoms with Crippen molar-refractivity contribution in [1.82, 2.24) is 4.73 Å². The SMILES string of the molecule is COc1cc(C(=O)On2c(-c3ccccc3)cc3ccccc32)cc(OC)c1OC. The lowest BCUT2D eigenvalue weighted by molar-refractivity contribution is 0.0489. The number of benzene rings is 3. The third kappa shape index (κ3) is 3.43. The Morgan fingerprint density at radius 3 is 2.03 bits per heavy atom. The van der Waals surface area contributed by atoms with E-state index in [2.05, 4.69) is 0 Å². The van der Waals surface area contributed by atoms with Crippen molar-refractivity contribution < 1.29 is 23.8 Å². The van der Waals surface area contributed by atoms with E-state index in [1.807, 2.05) is 60.7 Å². The highest BCUT2D eigenvalue weighted by Crippen LogP contribution is 2.38. The van der Waals surface area contributed by atoms with Gasteiger partial charge in [-0.05, 0) is 24.3 Å². The molecule has 0 aliphatic carbocycles. The topological polar surface area (TPSA) is 58.9 Å². The van der Waals surface area contributed by atoms with Crippen molar-refractivity contribution >= 4 is 16.9 Å². The van der Waals surface area contributed by atoms with E-state index in [4.69, 9.17) is 19.0 Å². The van der Waals surface area contributed by atoms with Gasteiger partial charge in [0.15, 0.2) is 11.5 Å². The maximum absolute atomic E-state index is 13.1. The van der Waals surface area contributed by atoms with Crippen LogP contribution < -0.4 is 19.0 Å². The summed E-state index contributed by atoms with van der Waals surface area (Å²) >= 11 is 0. The highest BCUT2D eigenvalue weighted by molar-refractivity contribution is 5.93. The predicted molar refractivity (Wildman–Crippen MR) is 114 cm³/mol. The summed E-state index contributed by atoms with van der Waals surface area (Å²) in [6.45, 7) is 0. The minimum atomic E-state index is -0.548. The Bertz CT molecular complexity index is 1170.